The molecule has 1 aromatic carbocycles. The van der Waals surface area contributed by atoms with Crippen molar-refractivity contribution in [2.24, 2.45) is 0 Å². The minimum atomic E-state index is -0.613. The number of anilines is 2. The molecule has 6 heteroatoms. The molecule has 6 nitrogen and oxygen atoms in total. The molecule has 2 heterocycles. The summed E-state index contributed by atoms with van der Waals surface area (Å²) in [6, 6.07) is 7.91. The number of likely N-dealkylation sites (N-methyl/N-ethyl adjacent to an activating group) is 1. The van der Waals surface area contributed by atoms with Gasteiger partial charge < -0.3 is 19.4 Å². The largest absolute Gasteiger partial charge is 0.371 e. The van der Waals surface area contributed by atoms with Crippen molar-refractivity contribution < 1.29 is 14.3 Å². The monoisotopic (exact) mass is 331 g/mol. The number of hydrogen-bond acceptors (Lipinski definition) is 4. The summed E-state index contributed by atoms with van der Waals surface area (Å²) in [6.07, 6.45) is -0.613. The fraction of sp³-hybridized carbons (Fsp3) is 0.556. The van der Waals surface area contributed by atoms with Gasteiger partial charge >= 0.3 is 0 Å². The molecule has 2 aliphatic heterocycles. The zero-order valence-corrected chi connectivity index (χ0v) is 14.8. The van der Waals surface area contributed by atoms with Gasteiger partial charge in [-0.15, -0.1) is 0 Å². The summed E-state index contributed by atoms with van der Waals surface area (Å²) in [6.45, 7) is 7.64. The van der Waals surface area contributed by atoms with E-state index in [1.807, 2.05) is 36.2 Å². The van der Waals surface area contributed by atoms with Gasteiger partial charge in [0.25, 0.3) is 5.91 Å². The van der Waals surface area contributed by atoms with E-state index >= 15 is 0 Å². The van der Waals surface area contributed by atoms with Crippen LogP contribution in [-0.4, -0.2) is 61.6 Å². The van der Waals surface area contributed by atoms with Gasteiger partial charge in [0.2, 0.25) is 5.91 Å². The number of nitrogens with zero attached hydrogens (tertiary/aromatic N) is 3. The smallest absolute Gasteiger partial charge is 0.258 e. The third kappa shape index (κ3) is 2.86. The summed E-state index contributed by atoms with van der Waals surface area (Å²) in [5.41, 5.74) is 1.57. The highest BCUT2D eigenvalue weighted by Crippen LogP contribution is 2.39. The lowest BCUT2D eigenvalue weighted by atomic mass is 9.95. The molecule has 1 atom stereocenters. The molecule has 1 aromatic rings. The summed E-state index contributed by atoms with van der Waals surface area (Å²) in [7, 11) is 2.04. The second kappa shape index (κ2) is 6.09. The van der Waals surface area contributed by atoms with E-state index in [0.717, 1.165) is 17.9 Å². The lowest BCUT2D eigenvalue weighted by molar-refractivity contribution is -0.145. The van der Waals surface area contributed by atoms with Crippen molar-refractivity contribution in [2.75, 3.05) is 43.1 Å². The Bertz CT molecular complexity index is 659. The molecule has 2 amide bonds. The normalized spacial score (nSPS) is 23.0. The first-order valence-corrected chi connectivity index (χ1v) is 8.32. The van der Waals surface area contributed by atoms with Crippen LogP contribution in [0.3, 0.4) is 0 Å². The number of carbonyl (C=O) groups excluding carboxylic acids is 2. The fourth-order valence-corrected chi connectivity index (χ4v) is 3.68. The SMILES string of the molecule is CC(=O)N1CCOC(C(=O)N2c3ccccc3N(C)CC2(C)C)C1. The van der Waals surface area contributed by atoms with E-state index in [4.69, 9.17) is 4.74 Å². The molecule has 0 saturated carbocycles. The molecule has 0 aliphatic carbocycles. The van der Waals surface area contributed by atoms with E-state index in [0.29, 0.717) is 19.7 Å². The molecule has 0 spiro atoms. The van der Waals surface area contributed by atoms with Crippen LogP contribution in [0.25, 0.3) is 0 Å². The Morgan fingerprint density at radius 1 is 1.21 bits per heavy atom. The lowest BCUT2D eigenvalue weighted by Crippen LogP contribution is -2.62. The van der Waals surface area contributed by atoms with E-state index in [1.165, 1.54) is 6.92 Å². The quantitative estimate of drug-likeness (QED) is 0.782. The highest BCUT2D eigenvalue weighted by Gasteiger charge is 2.43. The molecule has 24 heavy (non-hydrogen) atoms. The van der Waals surface area contributed by atoms with Gasteiger partial charge in [0.05, 0.1) is 30.1 Å². The Morgan fingerprint density at radius 3 is 2.54 bits per heavy atom. The van der Waals surface area contributed by atoms with Crippen LogP contribution in [0.15, 0.2) is 24.3 Å². The fourth-order valence-electron chi connectivity index (χ4n) is 3.68. The number of morpholine rings is 1. The average Bonchev–Trinajstić information content (AvgIpc) is 2.54. The number of ether oxygens (including phenoxy) is 1. The standard InChI is InChI=1S/C18H25N3O3/c1-13(22)20-9-10-24-16(11-20)17(23)21-15-8-6-5-7-14(15)19(4)12-18(21,2)3/h5-8,16H,9-12H2,1-4H3. The Hall–Kier alpha value is -2.08. The predicted molar refractivity (Wildman–Crippen MR) is 93.3 cm³/mol. The predicted octanol–water partition coefficient (Wildman–Crippen LogP) is 1.50. The van der Waals surface area contributed by atoms with E-state index in [-0.39, 0.29) is 17.4 Å². The molecule has 1 unspecified atom stereocenters. The van der Waals surface area contributed by atoms with Crippen LogP contribution in [-0.2, 0) is 14.3 Å². The van der Waals surface area contributed by atoms with Crippen LogP contribution < -0.4 is 9.80 Å². The van der Waals surface area contributed by atoms with Crippen LogP contribution in [0.2, 0.25) is 0 Å². The Morgan fingerprint density at radius 2 is 1.88 bits per heavy atom. The van der Waals surface area contributed by atoms with Gasteiger partial charge in [0.15, 0.2) is 6.10 Å². The third-order valence-electron chi connectivity index (χ3n) is 4.77. The zero-order valence-electron chi connectivity index (χ0n) is 14.8. The average molecular weight is 331 g/mol. The van der Waals surface area contributed by atoms with Crippen molar-refractivity contribution in [3.8, 4) is 0 Å². The topological polar surface area (TPSA) is 53.1 Å². The summed E-state index contributed by atoms with van der Waals surface area (Å²) < 4.78 is 5.71. The second-order valence-corrected chi connectivity index (χ2v) is 7.16. The van der Waals surface area contributed by atoms with Gasteiger partial charge in [-0.2, -0.15) is 0 Å². The van der Waals surface area contributed by atoms with E-state index in [9.17, 15) is 9.59 Å². The van der Waals surface area contributed by atoms with Gasteiger partial charge in [-0.25, -0.2) is 0 Å². The number of carbonyl (C=O) groups is 2. The number of hydrogen-bond donors (Lipinski definition) is 0. The maximum atomic E-state index is 13.3. The van der Waals surface area contributed by atoms with Crippen molar-refractivity contribution in [2.45, 2.75) is 32.4 Å². The number of para-hydroxylation sites is 2. The number of rotatable bonds is 1. The molecule has 1 fully saturated rings. The molecule has 0 bridgehead atoms. The van der Waals surface area contributed by atoms with Crippen LogP contribution in [0.1, 0.15) is 20.8 Å². The molecule has 1 saturated heterocycles. The van der Waals surface area contributed by atoms with Gasteiger partial charge in [0, 0.05) is 27.1 Å². The van der Waals surface area contributed by atoms with Crippen LogP contribution in [0.4, 0.5) is 11.4 Å². The Labute approximate surface area is 143 Å². The summed E-state index contributed by atoms with van der Waals surface area (Å²) in [4.78, 5) is 30.6. The minimum Gasteiger partial charge on any atom is -0.371 e. The van der Waals surface area contributed by atoms with E-state index < -0.39 is 6.10 Å². The van der Waals surface area contributed by atoms with Gasteiger partial charge in [-0.1, -0.05) is 12.1 Å². The molecule has 3 rings (SSSR count). The first-order chi connectivity index (χ1) is 11.3. The summed E-state index contributed by atoms with van der Waals surface area (Å²) in [5.74, 6) is -0.0966. The zero-order chi connectivity index (χ0) is 17.5. The number of benzene rings is 1. The molecule has 0 N–H and O–H groups in total. The van der Waals surface area contributed by atoms with Crippen molar-refractivity contribution in [1.82, 2.24) is 4.90 Å². The molecular weight excluding hydrogens is 306 g/mol. The molecule has 0 radical (unpaired) electrons. The van der Waals surface area contributed by atoms with Gasteiger partial charge in [-0.05, 0) is 26.0 Å². The van der Waals surface area contributed by atoms with Crippen LogP contribution in [0, 0.1) is 0 Å². The minimum absolute atomic E-state index is 0.0193. The summed E-state index contributed by atoms with van der Waals surface area (Å²) >= 11 is 0. The number of amides is 2. The van der Waals surface area contributed by atoms with Crippen molar-refractivity contribution in [3.05, 3.63) is 24.3 Å². The third-order valence-corrected chi connectivity index (χ3v) is 4.77. The lowest BCUT2D eigenvalue weighted by Gasteiger charge is -2.48. The molecule has 2 aliphatic rings. The highest BCUT2D eigenvalue weighted by atomic mass is 16.5. The molecule has 130 valence electrons. The first kappa shape index (κ1) is 16.8. The van der Waals surface area contributed by atoms with Gasteiger partial charge in [0.1, 0.15) is 0 Å². The van der Waals surface area contributed by atoms with Crippen molar-refractivity contribution >= 4 is 23.2 Å². The number of fused-ring (bicyclic) bond motifs is 1. The van der Waals surface area contributed by atoms with Crippen molar-refractivity contribution in [1.29, 1.82) is 0 Å². The van der Waals surface area contributed by atoms with E-state index in [1.54, 1.807) is 4.90 Å². The molecule has 0 aromatic heterocycles. The maximum Gasteiger partial charge on any atom is 0.258 e. The summed E-state index contributed by atoms with van der Waals surface area (Å²) in [5, 5.41) is 0. The first-order valence-electron chi connectivity index (χ1n) is 8.32. The van der Waals surface area contributed by atoms with Gasteiger partial charge in [-0.3, -0.25) is 9.59 Å². The van der Waals surface area contributed by atoms with E-state index in [2.05, 4.69) is 18.7 Å². The Balaban J connectivity index is 1.93. The second-order valence-electron chi connectivity index (χ2n) is 7.16. The van der Waals surface area contributed by atoms with Crippen LogP contribution in [0.5, 0.6) is 0 Å². The Kier molecular flexibility index (Phi) is 4.25. The van der Waals surface area contributed by atoms with Crippen molar-refractivity contribution in [3.63, 3.8) is 0 Å². The molecular formula is C18H25N3O3. The van der Waals surface area contributed by atoms with Crippen LogP contribution >= 0.6 is 0 Å². The highest BCUT2D eigenvalue weighted by molar-refractivity contribution is 6.02. The maximum absolute atomic E-state index is 13.3.